The van der Waals surface area contributed by atoms with Crippen LogP contribution < -0.4 is 10.5 Å². The van der Waals surface area contributed by atoms with Gasteiger partial charge in [-0.25, -0.2) is 4.98 Å². The molecule has 1 aromatic carbocycles. The number of rotatable bonds is 4. The third-order valence-corrected chi connectivity index (χ3v) is 5.29. The highest BCUT2D eigenvalue weighted by Gasteiger charge is 2.14. The molecule has 0 radical (unpaired) electrons. The SMILES string of the molecule is Cc1ncsc1COc1ccc2sc(C)c(C(N)=O)c2c1. The number of aryl methyl sites for hydroxylation is 2. The molecule has 0 saturated heterocycles. The molecule has 2 aromatic heterocycles. The topological polar surface area (TPSA) is 65.2 Å². The van der Waals surface area contributed by atoms with Crippen molar-refractivity contribution in [2.24, 2.45) is 5.73 Å². The van der Waals surface area contributed by atoms with Crippen molar-refractivity contribution in [2.45, 2.75) is 20.5 Å². The zero-order valence-electron chi connectivity index (χ0n) is 11.7. The van der Waals surface area contributed by atoms with Crippen molar-refractivity contribution in [1.82, 2.24) is 4.98 Å². The Morgan fingerprint density at radius 2 is 2.19 bits per heavy atom. The maximum Gasteiger partial charge on any atom is 0.250 e. The molecule has 0 saturated carbocycles. The average Bonchev–Trinajstić information content (AvgIpc) is 2.98. The van der Waals surface area contributed by atoms with Gasteiger partial charge in [0.1, 0.15) is 12.4 Å². The van der Waals surface area contributed by atoms with Crippen molar-refractivity contribution in [3.05, 3.63) is 44.7 Å². The van der Waals surface area contributed by atoms with Gasteiger partial charge in [0.25, 0.3) is 0 Å². The van der Waals surface area contributed by atoms with Crippen molar-refractivity contribution < 1.29 is 9.53 Å². The Morgan fingerprint density at radius 3 is 2.86 bits per heavy atom. The number of nitrogens with zero attached hydrogens (tertiary/aromatic N) is 1. The van der Waals surface area contributed by atoms with Crippen LogP contribution >= 0.6 is 22.7 Å². The second-order valence-electron chi connectivity index (χ2n) is 4.71. The average molecular weight is 318 g/mol. The predicted molar refractivity (Wildman–Crippen MR) is 86.3 cm³/mol. The predicted octanol–water partition coefficient (Wildman–Crippen LogP) is 3.65. The molecule has 0 aliphatic carbocycles. The fourth-order valence-corrected chi connectivity index (χ4v) is 3.95. The van der Waals surface area contributed by atoms with Crippen LogP contribution in [0.5, 0.6) is 5.75 Å². The third kappa shape index (κ3) is 2.64. The van der Waals surface area contributed by atoms with Gasteiger partial charge in [-0.3, -0.25) is 4.79 Å². The van der Waals surface area contributed by atoms with Gasteiger partial charge in [-0.2, -0.15) is 0 Å². The van der Waals surface area contributed by atoms with Crippen LogP contribution in [0.4, 0.5) is 0 Å². The van der Waals surface area contributed by atoms with E-state index in [4.69, 9.17) is 10.5 Å². The molecule has 3 aromatic rings. The van der Waals surface area contributed by atoms with Gasteiger partial charge in [0, 0.05) is 15.0 Å². The molecule has 0 atom stereocenters. The van der Waals surface area contributed by atoms with E-state index in [0.717, 1.165) is 31.3 Å². The van der Waals surface area contributed by atoms with Gasteiger partial charge in [0.2, 0.25) is 5.91 Å². The van der Waals surface area contributed by atoms with Gasteiger partial charge in [0.15, 0.2) is 0 Å². The monoisotopic (exact) mass is 318 g/mol. The van der Waals surface area contributed by atoms with Crippen LogP contribution in [0.1, 0.15) is 25.8 Å². The molecule has 0 spiro atoms. The van der Waals surface area contributed by atoms with Crippen molar-refractivity contribution in [1.29, 1.82) is 0 Å². The molecule has 21 heavy (non-hydrogen) atoms. The summed E-state index contributed by atoms with van der Waals surface area (Å²) in [6.07, 6.45) is 0. The number of fused-ring (bicyclic) bond motifs is 1. The number of primary amides is 1. The second kappa shape index (κ2) is 5.46. The fourth-order valence-electron chi connectivity index (χ4n) is 2.21. The van der Waals surface area contributed by atoms with Crippen molar-refractivity contribution in [3.63, 3.8) is 0 Å². The molecule has 0 fully saturated rings. The van der Waals surface area contributed by atoms with E-state index in [1.165, 1.54) is 0 Å². The number of carbonyl (C=O) groups is 1. The zero-order valence-corrected chi connectivity index (χ0v) is 13.3. The van der Waals surface area contributed by atoms with Gasteiger partial charge < -0.3 is 10.5 Å². The Balaban J connectivity index is 1.91. The number of nitrogens with two attached hydrogens (primary N) is 1. The van der Waals surface area contributed by atoms with Crippen LogP contribution in [0.2, 0.25) is 0 Å². The molecular formula is C15H14N2O2S2. The molecule has 0 unspecified atom stereocenters. The maximum absolute atomic E-state index is 11.6. The van der Waals surface area contributed by atoms with E-state index in [2.05, 4.69) is 4.98 Å². The Bertz CT molecular complexity index is 820. The molecule has 0 aliphatic rings. The summed E-state index contributed by atoms with van der Waals surface area (Å²) in [4.78, 5) is 17.8. The number of amides is 1. The van der Waals surface area contributed by atoms with Gasteiger partial charge in [-0.15, -0.1) is 22.7 Å². The van der Waals surface area contributed by atoms with Crippen LogP contribution in [0, 0.1) is 13.8 Å². The zero-order chi connectivity index (χ0) is 15.0. The Morgan fingerprint density at radius 1 is 1.38 bits per heavy atom. The number of aromatic nitrogens is 1. The fraction of sp³-hybridized carbons (Fsp3) is 0.200. The summed E-state index contributed by atoms with van der Waals surface area (Å²) in [5.74, 6) is 0.338. The Kier molecular flexibility index (Phi) is 3.65. The molecule has 2 N–H and O–H groups in total. The van der Waals surface area contributed by atoms with Crippen molar-refractivity contribution in [3.8, 4) is 5.75 Å². The maximum atomic E-state index is 11.6. The summed E-state index contributed by atoms with van der Waals surface area (Å²) < 4.78 is 6.85. The lowest BCUT2D eigenvalue weighted by atomic mass is 10.1. The smallest absolute Gasteiger partial charge is 0.250 e. The van der Waals surface area contributed by atoms with Gasteiger partial charge in [-0.05, 0) is 32.0 Å². The number of hydrogen-bond donors (Lipinski definition) is 1. The van der Waals surface area contributed by atoms with Gasteiger partial charge in [0.05, 0.1) is 21.6 Å². The molecule has 6 heteroatoms. The number of thiophene rings is 1. The van der Waals surface area contributed by atoms with E-state index < -0.39 is 5.91 Å². The summed E-state index contributed by atoms with van der Waals surface area (Å²) in [6, 6.07) is 5.77. The Labute approximate surface area is 130 Å². The van der Waals surface area contributed by atoms with E-state index >= 15 is 0 Å². The lowest BCUT2D eigenvalue weighted by Gasteiger charge is -2.05. The largest absolute Gasteiger partial charge is 0.488 e. The number of hydrogen-bond acceptors (Lipinski definition) is 5. The number of carbonyl (C=O) groups excluding carboxylic acids is 1. The quantitative estimate of drug-likeness (QED) is 0.798. The number of thiazole rings is 1. The van der Waals surface area contributed by atoms with Crippen molar-refractivity contribution >= 4 is 38.7 Å². The van der Waals surface area contributed by atoms with E-state index in [-0.39, 0.29) is 0 Å². The van der Waals surface area contributed by atoms with E-state index in [1.54, 1.807) is 22.7 Å². The van der Waals surface area contributed by atoms with E-state index in [1.807, 2.05) is 37.6 Å². The summed E-state index contributed by atoms with van der Waals surface area (Å²) in [5, 5.41) is 0.864. The highest BCUT2D eigenvalue weighted by Crippen LogP contribution is 2.33. The standard InChI is InChI=1S/C15H14N2O2S2/c1-8-13(20-7-17-8)6-19-10-3-4-12-11(5-10)14(15(16)18)9(2)21-12/h3-5,7H,6H2,1-2H3,(H2,16,18). The molecule has 108 valence electrons. The normalized spacial score (nSPS) is 11.0. The summed E-state index contributed by atoms with van der Waals surface area (Å²) >= 11 is 3.15. The minimum atomic E-state index is -0.394. The number of benzene rings is 1. The van der Waals surface area contributed by atoms with E-state index in [0.29, 0.717) is 12.2 Å². The van der Waals surface area contributed by atoms with Crippen LogP contribution in [0.25, 0.3) is 10.1 Å². The van der Waals surface area contributed by atoms with Crippen LogP contribution in [0.15, 0.2) is 23.7 Å². The molecule has 0 bridgehead atoms. The molecule has 2 heterocycles. The molecule has 3 rings (SSSR count). The van der Waals surface area contributed by atoms with Crippen LogP contribution in [0.3, 0.4) is 0 Å². The summed E-state index contributed by atoms with van der Waals surface area (Å²) in [6.45, 7) is 4.36. The summed E-state index contributed by atoms with van der Waals surface area (Å²) in [5.41, 5.74) is 8.86. The molecule has 1 amide bonds. The van der Waals surface area contributed by atoms with Crippen LogP contribution in [-0.4, -0.2) is 10.9 Å². The van der Waals surface area contributed by atoms with Gasteiger partial charge in [-0.1, -0.05) is 0 Å². The Hall–Kier alpha value is -1.92. The molecular weight excluding hydrogens is 304 g/mol. The number of ether oxygens (including phenoxy) is 1. The summed E-state index contributed by atoms with van der Waals surface area (Å²) in [7, 11) is 0. The third-order valence-electron chi connectivity index (χ3n) is 3.30. The molecule has 4 nitrogen and oxygen atoms in total. The lowest BCUT2D eigenvalue weighted by molar-refractivity contribution is 0.100. The highest BCUT2D eigenvalue weighted by atomic mass is 32.1. The molecule has 0 aliphatic heterocycles. The van der Waals surface area contributed by atoms with E-state index in [9.17, 15) is 4.79 Å². The highest BCUT2D eigenvalue weighted by molar-refractivity contribution is 7.19. The van der Waals surface area contributed by atoms with Gasteiger partial charge >= 0.3 is 0 Å². The minimum Gasteiger partial charge on any atom is -0.488 e. The minimum absolute atomic E-state index is 0.394. The van der Waals surface area contributed by atoms with Crippen molar-refractivity contribution in [2.75, 3.05) is 0 Å². The first-order chi connectivity index (χ1) is 10.1. The first-order valence-corrected chi connectivity index (χ1v) is 8.10. The van der Waals surface area contributed by atoms with Crippen LogP contribution in [-0.2, 0) is 6.61 Å². The first kappa shape index (κ1) is 14.0. The lowest BCUT2D eigenvalue weighted by Crippen LogP contribution is -2.11. The second-order valence-corrected chi connectivity index (χ2v) is 6.90. The first-order valence-electron chi connectivity index (χ1n) is 6.41.